The summed E-state index contributed by atoms with van der Waals surface area (Å²) in [7, 11) is 1.74. The molecule has 0 bridgehead atoms. The molecule has 0 saturated heterocycles. The fourth-order valence-corrected chi connectivity index (χ4v) is 1.41. The van der Waals surface area contributed by atoms with E-state index >= 15 is 0 Å². The first-order valence-electron chi connectivity index (χ1n) is 3.29. The van der Waals surface area contributed by atoms with Crippen molar-refractivity contribution in [1.29, 1.82) is 0 Å². The zero-order valence-electron chi connectivity index (χ0n) is 6.46. The summed E-state index contributed by atoms with van der Waals surface area (Å²) in [6.45, 7) is 4.17. The summed E-state index contributed by atoms with van der Waals surface area (Å²) in [4.78, 5) is 3.90. The summed E-state index contributed by atoms with van der Waals surface area (Å²) >= 11 is 1.63. The predicted molar refractivity (Wildman–Crippen MR) is 44.5 cm³/mol. The molecule has 0 spiro atoms. The van der Waals surface area contributed by atoms with Crippen LogP contribution in [0.3, 0.4) is 0 Å². The van der Waals surface area contributed by atoms with E-state index in [9.17, 15) is 0 Å². The lowest BCUT2D eigenvalue weighted by Crippen LogP contribution is -2.11. The van der Waals surface area contributed by atoms with Crippen LogP contribution in [0.4, 0.5) is 0 Å². The molecular weight excluding hydrogens is 146 g/mol. The van der Waals surface area contributed by atoms with Crippen molar-refractivity contribution in [2.45, 2.75) is 25.1 Å². The van der Waals surface area contributed by atoms with E-state index in [1.807, 2.05) is 0 Å². The fraction of sp³-hybridized carbons (Fsp3) is 0.833. The topological polar surface area (TPSA) is 37.1 Å². The van der Waals surface area contributed by atoms with E-state index in [0.717, 1.165) is 11.6 Å². The molecule has 3 nitrogen and oxygen atoms in total. The normalized spacial score (nSPS) is 35.7. The Bertz CT molecular complexity index is 187. The van der Waals surface area contributed by atoms with Gasteiger partial charge in [-0.15, -0.1) is 5.11 Å². The minimum absolute atomic E-state index is 0.0468. The van der Waals surface area contributed by atoms with Gasteiger partial charge in [-0.1, -0.05) is 18.7 Å². The lowest BCUT2D eigenvalue weighted by atomic mass is 10.3. The fourth-order valence-electron chi connectivity index (χ4n) is 0.619. The molecule has 10 heavy (non-hydrogen) atoms. The highest BCUT2D eigenvalue weighted by atomic mass is 32.2. The van der Waals surface area contributed by atoms with Gasteiger partial charge in [0.25, 0.3) is 0 Å². The van der Waals surface area contributed by atoms with Gasteiger partial charge in [-0.25, -0.2) is 0 Å². The van der Waals surface area contributed by atoms with Gasteiger partial charge >= 0.3 is 0 Å². The summed E-state index contributed by atoms with van der Waals surface area (Å²) in [5.74, 6) is 0. The van der Waals surface area contributed by atoms with Gasteiger partial charge in [-0.3, -0.25) is 4.99 Å². The zero-order valence-corrected chi connectivity index (χ0v) is 7.27. The first kappa shape index (κ1) is 7.72. The zero-order chi connectivity index (χ0) is 7.61. The van der Waals surface area contributed by atoms with Crippen molar-refractivity contribution < 1.29 is 0 Å². The molecule has 1 heterocycles. The van der Waals surface area contributed by atoms with Crippen LogP contribution in [0.25, 0.3) is 0 Å². The van der Waals surface area contributed by atoms with E-state index in [1.165, 1.54) is 0 Å². The van der Waals surface area contributed by atoms with E-state index in [-0.39, 0.29) is 4.87 Å². The number of thioether (sulfide) groups is 1. The number of nitrogens with zero attached hydrogens (tertiary/aromatic N) is 3. The highest BCUT2D eigenvalue weighted by Crippen LogP contribution is 2.36. The van der Waals surface area contributed by atoms with Crippen LogP contribution in [0.15, 0.2) is 15.2 Å². The molecule has 1 rings (SSSR count). The van der Waals surface area contributed by atoms with Crippen molar-refractivity contribution >= 4 is 16.9 Å². The minimum atomic E-state index is -0.0468. The predicted octanol–water partition coefficient (Wildman–Crippen LogP) is 2.30. The van der Waals surface area contributed by atoms with Gasteiger partial charge in [-0.2, -0.15) is 5.11 Å². The Balaban J connectivity index is 2.69. The Morgan fingerprint density at radius 1 is 1.70 bits per heavy atom. The molecule has 0 aliphatic carbocycles. The molecule has 1 aliphatic rings. The lowest BCUT2D eigenvalue weighted by Gasteiger charge is -2.12. The van der Waals surface area contributed by atoms with E-state index in [1.54, 1.807) is 18.8 Å². The van der Waals surface area contributed by atoms with Crippen LogP contribution in [-0.2, 0) is 0 Å². The second kappa shape index (κ2) is 2.70. The molecule has 0 fully saturated rings. The van der Waals surface area contributed by atoms with Crippen LogP contribution in [0.5, 0.6) is 0 Å². The third kappa shape index (κ3) is 1.37. The van der Waals surface area contributed by atoms with Gasteiger partial charge in [0.2, 0.25) is 5.17 Å². The van der Waals surface area contributed by atoms with Crippen molar-refractivity contribution in [2.75, 3.05) is 7.05 Å². The van der Waals surface area contributed by atoms with Gasteiger partial charge in [0.15, 0.2) is 0 Å². The second-order valence-electron chi connectivity index (χ2n) is 2.34. The average Bonchev–Trinajstić information content (AvgIpc) is 2.33. The summed E-state index contributed by atoms with van der Waals surface area (Å²) in [6.07, 6.45) is 1.00. The number of hydrogen-bond acceptors (Lipinski definition) is 3. The third-order valence-corrected chi connectivity index (χ3v) is 2.76. The number of amidine groups is 1. The first-order valence-corrected chi connectivity index (χ1v) is 4.10. The van der Waals surface area contributed by atoms with Gasteiger partial charge in [0, 0.05) is 7.05 Å². The van der Waals surface area contributed by atoms with Crippen molar-refractivity contribution in [3.05, 3.63) is 0 Å². The summed E-state index contributed by atoms with van der Waals surface area (Å²) in [5.41, 5.74) is 0. The Labute approximate surface area is 65.0 Å². The quantitative estimate of drug-likeness (QED) is 0.575. The molecule has 4 heteroatoms. The highest BCUT2D eigenvalue weighted by Gasteiger charge is 2.29. The SMILES string of the molecule is CCC1(C)N=NC(=NC)S1. The summed E-state index contributed by atoms with van der Waals surface area (Å²) in [6, 6.07) is 0. The molecule has 1 atom stereocenters. The molecule has 0 N–H and O–H groups in total. The second-order valence-corrected chi connectivity index (χ2v) is 3.79. The van der Waals surface area contributed by atoms with Crippen LogP contribution in [0.1, 0.15) is 20.3 Å². The largest absolute Gasteiger partial charge is 0.263 e. The van der Waals surface area contributed by atoms with Crippen molar-refractivity contribution in [3.63, 3.8) is 0 Å². The molecule has 0 radical (unpaired) electrons. The number of aliphatic imine (C=N–C) groups is 1. The number of rotatable bonds is 1. The maximum absolute atomic E-state index is 4.10. The molecule has 1 aliphatic heterocycles. The van der Waals surface area contributed by atoms with Crippen molar-refractivity contribution in [1.82, 2.24) is 0 Å². The Morgan fingerprint density at radius 3 is 2.70 bits per heavy atom. The lowest BCUT2D eigenvalue weighted by molar-refractivity contribution is 0.637. The Kier molecular flexibility index (Phi) is 2.08. The molecule has 0 aromatic carbocycles. The van der Waals surface area contributed by atoms with Gasteiger partial charge in [0.05, 0.1) is 0 Å². The van der Waals surface area contributed by atoms with Gasteiger partial charge < -0.3 is 0 Å². The van der Waals surface area contributed by atoms with Crippen LogP contribution < -0.4 is 0 Å². The van der Waals surface area contributed by atoms with E-state index in [0.29, 0.717) is 0 Å². The first-order chi connectivity index (χ1) is 4.70. The van der Waals surface area contributed by atoms with Crippen molar-refractivity contribution in [2.24, 2.45) is 15.2 Å². The number of azo groups is 1. The van der Waals surface area contributed by atoms with Crippen LogP contribution >= 0.6 is 11.8 Å². The van der Waals surface area contributed by atoms with Crippen LogP contribution in [0.2, 0.25) is 0 Å². The van der Waals surface area contributed by atoms with Crippen LogP contribution in [0, 0.1) is 0 Å². The molecule has 56 valence electrons. The Morgan fingerprint density at radius 2 is 2.40 bits per heavy atom. The standard InChI is InChI=1S/C6H11N3S/c1-4-6(2)9-8-5(7-3)10-6/h4H2,1-3H3. The third-order valence-electron chi connectivity index (χ3n) is 1.51. The molecule has 0 aromatic rings. The molecule has 0 saturated carbocycles. The van der Waals surface area contributed by atoms with Gasteiger partial charge in [-0.05, 0) is 13.3 Å². The summed E-state index contributed by atoms with van der Waals surface area (Å²) < 4.78 is 0. The highest BCUT2D eigenvalue weighted by molar-refractivity contribution is 8.15. The van der Waals surface area contributed by atoms with Gasteiger partial charge in [0.1, 0.15) is 4.87 Å². The minimum Gasteiger partial charge on any atom is -0.263 e. The molecular formula is C6H11N3S. The van der Waals surface area contributed by atoms with E-state index < -0.39 is 0 Å². The molecule has 0 amide bonds. The number of hydrogen-bond donors (Lipinski definition) is 0. The van der Waals surface area contributed by atoms with E-state index in [4.69, 9.17) is 0 Å². The van der Waals surface area contributed by atoms with E-state index in [2.05, 4.69) is 29.1 Å². The van der Waals surface area contributed by atoms with Crippen LogP contribution in [-0.4, -0.2) is 17.1 Å². The smallest absolute Gasteiger partial charge is 0.206 e. The molecule has 0 aromatic heterocycles. The monoisotopic (exact) mass is 157 g/mol. The maximum atomic E-state index is 4.10. The molecule has 1 unspecified atom stereocenters. The summed E-state index contributed by atoms with van der Waals surface area (Å²) in [5, 5.41) is 8.81. The maximum Gasteiger partial charge on any atom is 0.206 e. The Hall–Kier alpha value is -0.380. The average molecular weight is 157 g/mol. The van der Waals surface area contributed by atoms with Crippen molar-refractivity contribution in [3.8, 4) is 0 Å².